The smallest absolute Gasteiger partial charge is 0.147 e. The van der Waals surface area contributed by atoms with Crippen LogP contribution in [0.15, 0.2) is 0 Å². The van der Waals surface area contributed by atoms with Gasteiger partial charge in [0.05, 0.1) is 5.75 Å². The molecule has 1 unspecified atom stereocenters. The second kappa shape index (κ2) is 7.23. The van der Waals surface area contributed by atoms with E-state index in [4.69, 9.17) is 0 Å². The number of rotatable bonds is 8. The molecule has 0 rings (SSSR count). The Bertz CT molecular complexity index is 245. The third-order valence-corrected chi connectivity index (χ3v) is 3.94. The zero-order valence-electron chi connectivity index (χ0n) is 10.4. The number of nitrogens with one attached hydrogen (secondary N) is 1. The van der Waals surface area contributed by atoms with Crippen LogP contribution in [0.4, 0.5) is 0 Å². The first-order valence-electron chi connectivity index (χ1n) is 5.81. The maximum Gasteiger partial charge on any atom is 0.147 e. The molecule has 0 heterocycles. The summed E-state index contributed by atoms with van der Waals surface area (Å²) in [4.78, 5) is 0. The third kappa shape index (κ3) is 7.79. The lowest BCUT2D eigenvalue weighted by Crippen LogP contribution is -2.34. The number of sulfone groups is 1. The summed E-state index contributed by atoms with van der Waals surface area (Å²) in [6.07, 6.45) is 4.36. The first-order valence-corrected chi connectivity index (χ1v) is 7.87. The summed E-state index contributed by atoms with van der Waals surface area (Å²) in [7, 11) is -2.79. The third-order valence-electron chi connectivity index (χ3n) is 2.91. The van der Waals surface area contributed by atoms with Crippen LogP contribution in [0.3, 0.4) is 0 Å². The van der Waals surface area contributed by atoms with Crippen LogP contribution in [0, 0.1) is 5.92 Å². The topological polar surface area (TPSA) is 46.2 Å². The largest absolute Gasteiger partial charge is 0.314 e. The second-order valence-corrected chi connectivity index (χ2v) is 6.56. The molecular weight excluding hydrogens is 210 g/mol. The van der Waals surface area contributed by atoms with Crippen molar-refractivity contribution in [2.45, 2.75) is 46.1 Å². The molecule has 0 radical (unpaired) electrons. The molecule has 4 heteroatoms. The maximum absolute atomic E-state index is 10.9. The number of hydrogen-bond acceptors (Lipinski definition) is 3. The predicted molar refractivity (Wildman–Crippen MR) is 65.9 cm³/mol. The Hall–Kier alpha value is -0.0900. The van der Waals surface area contributed by atoms with Crippen LogP contribution >= 0.6 is 0 Å². The molecule has 0 aliphatic carbocycles. The molecule has 92 valence electrons. The van der Waals surface area contributed by atoms with E-state index < -0.39 is 9.84 Å². The normalized spacial score (nSPS) is 14.5. The van der Waals surface area contributed by atoms with Gasteiger partial charge in [-0.25, -0.2) is 8.42 Å². The molecule has 0 bridgehead atoms. The van der Waals surface area contributed by atoms with Gasteiger partial charge >= 0.3 is 0 Å². The van der Waals surface area contributed by atoms with Gasteiger partial charge in [-0.1, -0.05) is 26.7 Å². The zero-order chi connectivity index (χ0) is 11.9. The Morgan fingerprint density at radius 2 is 1.73 bits per heavy atom. The van der Waals surface area contributed by atoms with Crippen molar-refractivity contribution in [1.82, 2.24) is 5.32 Å². The van der Waals surface area contributed by atoms with Crippen molar-refractivity contribution < 1.29 is 8.42 Å². The highest BCUT2D eigenvalue weighted by molar-refractivity contribution is 7.90. The first kappa shape index (κ1) is 14.9. The van der Waals surface area contributed by atoms with E-state index in [9.17, 15) is 8.42 Å². The van der Waals surface area contributed by atoms with Crippen LogP contribution in [-0.2, 0) is 9.84 Å². The van der Waals surface area contributed by atoms with E-state index in [0.29, 0.717) is 18.4 Å². The van der Waals surface area contributed by atoms with Crippen molar-refractivity contribution in [3.8, 4) is 0 Å². The van der Waals surface area contributed by atoms with Crippen LogP contribution in [0.5, 0.6) is 0 Å². The minimum absolute atomic E-state index is 0.287. The van der Waals surface area contributed by atoms with E-state index in [2.05, 4.69) is 26.1 Å². The highest BCUT2D eigenvalue weighted by atomic mass is 32.2. The van der Waals surface area contributed by atoms with Crippen molar-refractivity contribution in [3.05, 3.63) is 0 Å². The van der Waals surface area contributed by atoms with Crippen LogP contribution in [0.2, 0.25) is 0 Å². The Morgan fingerprint density at radius 1 is 1.20 bits per heavy atom. The van der Waals surface area contributed by atoms with E-state index >= 15 is 0 Å². The van der Waals surface area contributed by atoms with Gasteiger partial charge in [0.15, 0.2) is 0 Å². The monoisotopic (exact) mass is 235 g/mol. The molecule has 3 nitrogen and oxygen atoms in total. The van der Waals surface area contributed by atoms with Crippen molar-refractivity contribution >= 4 is 9.84 Å². The van der Waals surface area contributed by atoms with Crippen molar-refractivity contribution in [2.75, 3.05) is 18.6 Å². The predicted octanol–water partition coefficient (Wildman–Crippen LogP) is 1.84. The summed E-state index contributed by atoms with van der Waals surface area (Å²) < 4.78 is 21.8. The van der Waals surface area contributed by atoms with Crippen molar-refractivity contribution in [1.29, 1.82) is 0 Å². The Kier molecular flexibility index (Phi) is 7.18. The summed E-state index contributed by atoms with van der Waals surface area (Å²) >= 11 is 0. The summed E-state index contributed by atoms with van der Waals surface area (Å²) in [5.41, 5.74) is 0. The average molecular weight is 235 g/mol. The summed E-state index contributed by atoms with van der Waals surface area (Å²) in [5, 5.41) is 3.39. The Labute approximate surface area is 94.6 Å². The summed E-state index contributed by atoms with van der Waals surface area (Å²) in [6.45, 7) is 7.37. The van der Waals surface area contributed by atoms with E-state index in [1.807, 2.05) is 0 Å². The minimum Gasteiger partial charge on any atom is -0.314 e. The molecule has 1 N–H and O–H groups in total. The van der Waals surface area contributed by atoms with Crippen LogP contribution in [0.25, 0.3) is 0 Å². The molecule has 1 atom stereocenters. The van der Waals surface area contributed by atoms with E-state index in [1.165, 1.54) is 19.1 Å². The number of hydrogen-bond donors (Lipinski definition) is 1. The summed E-state index contributed by atoms with van der Waals surface area (Å²) in [6, 6.07) is 0.486. The van der Waals surface area contributed by atoms with Gasteiger partial charge in [-0.05, 0) is 25.8 Å². The van der Waals surface area contributed by atoms with E-state index in [1.54, 1.807) is 0 Å². The molecular formula is C11H25NO2S. The molecule has 0 fully saturated rings. The van der Waals surface area contributed by atoms with Gasteiger partial charge in [-0.3, -0.25) is 0 Å². The molecule has 0 amide bonds. The van der Waals surface area contributed by atoms with Gasteiger partial charge in [0, 0.05) is 12.3 Å². The Balaban J connectivity index is 3.67. The second-order valence-electron chi connectivity index (χ2n) is 4.30. The fourth-order valence-electron chi connectivity index (χ4n) is 1.83. The zero-order valence-corrected chi connectivity index (χ0v) is 11.2. The lowest BCUT2D eigenvalue weighted by molar-refractivity contribution is 0.355. The minimum atomic E-state index is -2.79. The van der Waals surface area contributed by atoms with Crippen LogP contribution in [0.1, 0.15) is 40.0 Å². The molecule has 0 aromatic heterocycles. The van der Waals surface area contributed by atoms with E-state index in [0.717, 1.165) is 6.54 Å². The van der Waals surface area contributed by atoms with Crippen molar-refractivity contribution in [3.63, 3.8) is 0 Å². The van der Waals surface area contributed by atoms with Crippen molar-refractivity contribution in [2.24, 2.45) is 5.92 Å². The average Bonchev–Trinajstić information content (AvgIpc) is 2.13. The van der Waals surface area contributed by atoms with Gasteiger partial charge in [-0.2, -0.15) is 0 Å². The molecule has 0 aliphatic rings. The van der Waals surface area contributed by atoms with Gasteiger partial charge < -0.3 is 5.32 Å². The lowest BCUT2D eigenvalue weighted by atomic mass is 9.95. The van der Waals surface area contributed by atoms with Crippen LogP contribution < -0.4 is 5.32 Å². The molecule has 0 aromatic rings. The lowest BCUT2D eigenvalue weighted by Gasteiger charge is -2.22. The molecule has 0 saturated carbocycles. The maximum atomic E-state index is 10.9. The molecule has 0 saturated heterocycles. The van der Waals surface area contributed by atoms with Gasteiger partial charge in [0.1, 0.15) is 9.84 Å². The molecule has 0 aromatic carbocycles. The molecule has 0 spiro atoms. The first-order chi connectivity index (χ1) is 6.90. The van der Waals surface area contributed by atoms with Gasteiger partial charge in [-0.15, -0.1) is 0 Å². The fraction of sp³-hybridized carbons (Fsp3) is 1.00. The fourth-order valence-corrected chi connectivity index (χ4v) is 2.50. The van der Waals surface area contributed by atoms with Crippen LogP contribution in [-0.4, -0.2) is 33.0 Å². The molecule has 0 aliphatic heterocycles. The summed E-state index contributed by atoms with van der Waals surface area (Å²) in [5.74, 6) is 0.985. The van der Waals surface area contributed by atoms with E-state index in [-0.39, 0.29) is 5.75 Å². The Morgan fingerprint density at radius 3 is 2.13 bits per heavy atom. The SMILES string of the molecule is CCC(CC)C(C)NCCCS(C)(=O)=O. The highest BCUT2D eigenvalue weighted by Crippen LogP contribution is 2.12. The standard InChI is InChI=1S/C11H25NO2S/c1-5-11(6-2)10(3)12-8-7-9-15(4,13)14/h10-12H,5-9H2,1-4H3. The van der Waals surface area contributed by atoms with Gasteiger partial charge in [0.2, 0.25) is 0 Å². The van der Waals surface area contributed by atoms with Gasteiger partial charge in [0.25, 0.3) is 0 Å². The highest BCUT2D eigenvalue weighted by Gasteiger charge is 2.12. The molecule has 15 heavy (non-hydrogen) atoms. The quantitative estimate of drug-likeness (QED) is 0.653.